The number of rotatable bonds is 7. The molecule has 150 valence electrons. The van der Waals surface area contributed by atoms with E-state index in [1.54, 1.807) is 24.3 Å². The molecule has 2 aromatic rings. The van der Waals surface area contributed by atoms with Crippen LogP contribution in [0.15, 0.2) is 53.4 Å². The monoisotopic (exact) mass is 425 g/mol. The predicted octanol–water partition coefficient (Wildman–Crippen LogP) is 2.60. The fraction of sp³-hybridized carbons (Fsp3) is 0.316. The summed E-state index contributed by atoms with van der Waals surface area (Å²) in [6.07, 6.45) is 0. The van der Waals surface area contributed by atoms with E-state index in [-0.39, 0.29) is 23.7 Å². The Morgan fingerprint density at radius 1 is 1.07 bits per heavy atom. The zero-order chi connectivity index (χ0) is 20.0. The Bertz CT molecular complexity index is 910. The second-order valence-corrected chi connectivity index (χ2v) is 8.36. The van der Waals surface area contributed by atoms with Crippen LogP contribution in [0.2, 0.25) is 5.02 Å². The van der Waals surface area contributed by atoms with Crippen molar-refractivity contribution >= 4 is 27.6 Å². The second kappa shape index (κ2) is 9.38. The SMILES string of the molecule is O=C(OCCOc1cccc(Cl)c1)c1ccc(S(=O)(=O)N2CCOCC2)cc1. The molecule has 28 heavy (non-hydrogen) atoms. The van der Waals surface area contributed by atoms with Crippen LogP contribution in [0.3, 0.4) is 0 Å². The van der Waals surface area contributed by atoms with E-state index in [1.807, 2.05) is 0 Å². The molecule has 1 fully saturated rings. The molecule has 0 radical (unpaired) electrons. The molecule has 0 aromatic heterocycles. The fourth-order valence-electron chi connectivity index (χ4n) is 2.63. The third-order valence-electron chi connectivity index (χ3n) is 4.08. The second-order valence-electron chi connectivity index (χ2n) is 5.98. The summed E-state index contributed by atoms with van der Waals surface area (Å²) >= 11 is 5.87. The third kappa shape index (κ3) is 5.23. The first kappa shape index (κ1) is 20.6. The van der Waals surface area contributed by atoms with Gasteiger partial charge in [0.05, 0.1) is 23.7 Å². The van der Waals surface area contributed by atoms with Crippen molar-refractivity contribution in [3.63, 3.8) is 0 Å². The molecule has 1 heterocycles. The number of carbonyl (C=O) groups is 1. The van der Waals surface area contributed by atoms with E-state index in [0.717, 1.165) is 0 Å². The van der Waals surface area contributed by atoms with Crippen LogP contribution in [0.4, 0.5) is 0 Å². The van der Waals surface area contributed by atoms with Gasteiger partial charge in [-0.25, -0.2) is 13.2 Å². The van der Waals surface area contributed by atoms with Crippen molar-refractivity contribution in [3.05, 3.63) is 59.1 Å². The van der Waals surface area contributed by atoms with Gasteiger partial charge in [-0.2, -0.15) is 4.31 Å². The highest BCUT2D eigenvalue weighted by atomic mass is 35.5. The van der Waals surface area contributed by atoms with Gasteiger partial charge in [0.2, 0.25) is 10.0 Å². The summed E-state index contributed by atoms with van der Waals surface area (Å²) in [5, 5.41) is 0.557. The Morgan fingerprint density at radius 2 is 1.79 bits per heavy atom. The summed E-state index contributed by atoms with van der Waals surface area (Å²) in [7, 11) is -3.59. The summed E-state index contributed by atoms with van der Waals surface area (Å²) in [5.74, 6) is 0.0336. The summed E-state index contributed by atoms with van der Waals surface area (Å²) in [6, 6.07) is 12.6. The fourth-order valence-corrected chi connectivity index (χ4v) is 4.22. The minimum absolute atomic E-state index is 0.0547. The molecule has 7 nitrogen and oxygen atoms in total. The number of esters is 1. The maximum absolute atomic E-state index is 12.6. The van der Waals surface area contributed by atoms with Crippen molar-refractivity contribution < 1.29 is 27.4 Å². The molecular formula is C19H20ClNO6S. The van der Waals surface area contributed by atoms with Crippen LogP contribution < -0.4 is 4.74 Å². The van der Waals surface area contributed by atoms with Crippen molar-refractivity contribution in [2.24, 2.45) is 0 Å². The third-order valence-corrected chi connectivity index (χ3v) is 6.23. The van der Waals surface area contributed by atoms with Gasteiger partial charge >= 0.3 is 5.97 Å². The highest BCUT2D eigenvalue weighted by Crippen LogP contribution is 2.19. The molecule has 0 atom stereocenters. The molecule has 0 saturated carbocycles. The standard InChI is InChI=1S/C19H20ClNO6S/c20-16-2-1-3-17(14-16)26-12-13-27-19(22)15-4-6-18(7-5-15)28(23,24)21-8-10-25-11-9-21/h1-7,14H,8-13H2. The number of nitrogens with zero attached hydrogens (tertiary/aromatic N) is 1. The van der Waals surface area contributed by atoms with Crippen LogP contribution >= 0.6 is 11.6 Å². The van der Waals surface area contributed by atoms with Gasteiger partial charge in [-0.15, -0.1) is 0 Å². The lowest BCUT2D eigenvalue weighted by atomic mass is 10.2. The highest BCUT2D eigenvalue weighted by molar-refractivity contribution is 7.89. The van der Waals surface area contributed by atoms with Crippen LogP contribution in [-0.2, 0) is 19.5 Å². The lowest BCUT2D eigenvalue weighted by Gasteiger charge is -2.26. The quantitative estimate of drug-likeness (QED) is 0.501. The average molecular weight is 426 g/mol. The zero-order valence-corrected chi connectivity index (χ0v) is 16.6. The van der Waals surface area contributed by atoms with E-state index in [2.05, 4.69) is 0 Å². The number of ether oxygens (including phenoxy) is 3. The van der Waals surface area contributed by atoms with Crippen molar-refractivity contribution in [1.29, 1.82) is 0 Å². The summed E-state index contributed by atoms with van der Waals surface area (Å²) in [6.45, 7) is 1.62. The smallest absolute Gasteiger partial charge is 0.338 e. The van der Waals surface area contributed by atoms with Gasteiger partial charge in [-0.05, 0) is 42.5 Å². The molecule has 0 N–H and O–H groups in total. The Kier molecular flexibility index (Phi) is 6.90. The van der Waals surface area contributed by atoms with E-state index in [9.17, 15) is 13.2 Å². The van der Waals surface area contributed by atoms with Gasteiger partial charge in [0.25, 0.3) is 0 Å². The minimum atomic E-state index is -3.59. The number of morpholine rings is 1. The number of benzene rings is 2. The zero-order valence-electron chi connectivity index (χ0n) is 15.0. The van der Waals surface area contributed by atoms with Crippen molar-refractivity contribution in [1.82, 2.24) is 4.31 Å². The first-order valence-electron chi connectivity index (χ1n) is 8.70. The molecule has 0 amide bonds. The summed E-state index contributed by atoms with van der Waals surface area (Å²) < 4.78 is 42.3. The molecule has 0 unspecified atom stereocenters. The van der Waals surface area contributed by atoms with Crippen LogP contribution in [0, 0.1) is 0 Å². The average Bonchev–Trinajstić information content (AvgIpc) is 2.72. The van der Waals surface area contributed by atoms with Crippen molar-refractivity contribution in [2.45, 2.75) is 4.90 Å². The van der Waals surface area contributed by atoms with E-state index < -0.39 is 16.0 Å². The minimum Gasteiger partial charge on any atom is -0.490 e. The van der Waals surface area contributed by atoms with Crippen molar-refractivity contribution in [2.75, 3.05) is 39.5 Å². The molecule has 3 rings (SSSR count). The largest absolute Gasteiger partial charge is 0.490 e. The highest BCUT2D eigenvalue weighted by Gasteiger charge is 2.26. The van der Waals surface area contributed by atoms with Gasteiger partial charge in [0, 0.05) is 18.1 Å². The number of halogens is 1. The van der Waals surface area contributed by atoms with Gasteiger partial charge in [-0.1, -0.05) is 17.7 Å². The van der Waals surface area contributed by atoms with E-state index in [0.29, 0.717) is 37.1 Å². The number of carbonyl (C=O) groups excluding carboxylic acids is 1. The molecule has 1 aliphatic rings. The summed E-state index contributed by atoms with van der Waals surface area (Å²) in [5.41, 5.74) is 0.267. The molecule has 0 spiro atoms. The lowest BCUT2D eigenvalue weighted by molar-refractivity contribution is 0.0450. The van der Waals surface area contributed by atoms with Gasteiger partial charge in [0.1, 0.15) is 19.0 Å². The van der Waals surface area contributed by atoms with Crippen LogP contribution in [0.5, 0.6) is 5.75 Å². The molecular weight excluding hydrogens is 406 g/mol. The number of hydrogen-bond donors (Lipinski definition) is 0. The van der Waals surface area contributed by atoms with Crippen LogP contribution in [-0.4, -0.2) is 58.2 Å². The Hall–Kier alpha value is -2.13. The normalized spacial score (nSPS) is 15.2. The van der Waals surface area contributed by atoms with E-state index in [4.69, 9.17) is 25.8 Å². The molecule has 2 aromatic carbocycles. The maximum Gasteiger partial charge on any atom is 0.338 e. The molecule has 9 heteroatoms. The lowest BCUT2D eigenvalue weighted by Crippen LogP contribution is -2.40. The van der Waals surface area contributed by atoms with E-state index in [1.165, 1.54) is 28.6 Å². The Balaban J connectivity index is 1.52. The van der Waals surface area contributed by atoms with Gasteiger partial charge in [0.15, 0.2) is 0 Å². The van der Waals surface area contributed by atoms with Gasteiger partial charge < -0.3 is 14.2 Å². The number of hydrogen-bond acceptors (Lipinski definition) is 6. The van der Waals surface area contributed by atoms with E-state index >= 15 is 0 Å². The molecule has 1 saturated heterocycles. The first-order valence-corrected chi connectivity index (χ1v) is 10.5. The van der Waals surface area contributed by atoms with Crippen molar-refractivity contribution in [3.8, 4) is 5.75 Å². The van der Waals surface area contributed by atoms with Crippen LogP contribution in [0.1, 0.15) is 10.4 Å². The Labute approximate surface area is 168 Å². The summed E-state index contributed by atoms with van der Waals surface area (Å²) in [4.78, 5) is 12.2. The molecule has 0 bridgehead atoms. The predicted molar refractivity (Wildman–Crippen MR) is 103 cm³/mol. The molecule has 1 aliphatic heterocycles. The number of sulfonamides is 1. The Morgan fingerprint density at radius 3 is 2.46 bits per heavy atom. The van der Waals surface area contributed by atoms with Crippen LogP contribution in [0.25, 0.3) is 0 Å². The van der Waals surface area contributed by atoms with Gasteiger partial charge in [-0.3, -0.25) is 0 Å². The topological polar surface area (TPSA) is 82.1 Å². The maximum atomic E-state index is 12.6. The first-order chi connectivity index (χ1) is 13.5. The molecule has 0 aliphatic carbocycles.